The largest absolute Gasteiger partial charge is 0.355 e. The molecule has 2 fully saturated rings. The maximum atomic E-state index is 12.4. The normalized spacial score (nSPS) is 30.8. The minimum Gasteiger partial charge on any atom is -0.355 e. The average Bonchev–Trinajstić information content (AvgIpc) is 2.45. The van der Waals surface area contributed by atoms with Crippen LogP contribution in [0.1, 0.15) is 64.7 Å². The molecule has 2 nitrogen and oxygen atoms in total. The molecule has 1 amide bonds. The van der Waals surface area contributed by atoms with Gasteiger partial charge >= 0.3 is 0 Å². The van der Waals surface area contributed by atoms with Crippen LogP contribution in [0.3, 0.4) is 0 Å². The van der Waals surface area contributed by atoms with Gasteiger partial charge in [0.15, 0.2) is 0 Å². The van der Waals surface area contributed by atoms with E-state index in [1.807, 2.05) is 0 Å². The molecule has 0 bridgehead atoms. The molecule has 0 heterocycles. The van der Waals surface area contributed by atoms with Crippen LogP contribution in [-0.2, 0) is 4.79 Å². The Kier molecular flexibility index (Phi) is 5.73. The number of carbonyl (C=O) groups excluding carboxylic acids is 1. The summed E-state index contributed by atoms with van der Waals surface area (Å²) in [6.45, 7) is 3.05. The molecule has 110 valence electrons. The molecule has 19 heavy (non-hydrogen) atoms. The third-order valence-electron chi connectivity index (χ3n) is 5.29. The Bertz CT molecular complexity index is 299. The maximum absolute atomic E-state index is 12.4. The summed E-state index contributed by atoms with van der Waals surface area (Å²) in [6.07, 6.45) is 11.2. The van der Waals surface area contributed by atoms with E-state index in [4.69, 9.17) is 0 Å². The summed E-state index contributed by atoms with van der Waals surface area (Å²) in [4.78, 5) is 12.4. The van der Waals surface area contributed by atoms with E-state index in [9.17, 15) is 4.79 Å². The number of carbonyl (C=O) groups is 1. The fourth-order valence-electron chi connectivity index (χ4n) is 3.75. The van der Waals surface area contributed by atoms with Crippen LogP contribution in [-0.4, -0.2) is 17.8 Å². The van der Waals surface area contributed by atoms with Crippen LogP contribution in [0.25, 0.3) is 0 Å². The van der Waals surface area contributed by atoms with Gasteiger partial charge < -0.3 is 5.32 Å². The molecule has 2 atom stereocenters. The first-order chi connectivity index (χ1) is 9.15. The van der Waals surface area contributed by atoms with Crippen LogP contribution in [0.2, 0.25) is 0 Å². The Morgan fingerprint density at radius 2 is 1.74 bits per heavy atom. The lowest BCUT2D eigenvalue weighted by molar-refractivity contribution is -0.132. The SMILES string of the molecule is CC1(C(=O)NCC2CCCCC2CBr)CCCCC1. The molecule has 2 unspecified atom stereocenters. The number of alkyl halides is 1. The van der Waals surface area contributed by atoms with Crippen molar-refractivity contribution in [1.29, 1.82) is 0 Å². The maximum Gasteiger partial charge on any atom is 0.225 e. The van der Waals surface area contributed by atoms with Crippen LogP contribution in [0.15, 0.2) is 0 Å². The van der Waals surface area contributed by atoms with Crippen molar-refractivity contribution in [2.24, 2.45) is 17.3 Å². The van der Waals surface area contributed by atoms with Crippen LogP contribution in [0.4, 0.5) is 0 Å². The fraction of sp³-hybridized carbons (Fsp3) is 0.938. The van der Waals surface area contributed by atoms with Crippen molar-refractivity contribution in [3.05, 3.63) is 0 Å². The van der Waals surface area contributed by atoms with Crippen molar-refractivity contribution < 1.29 is 4.79 Å². The highest BCUT2D eigenvalue weighted by molar-refractivity contribution is 9.09. The summed E-state index contributed by atoms with van der Waals surface area (Å²) >= 11 is 3.63. The molecule has 3 heteroatoms. The molecule has 2 rings (SSSR count). The fourth-order valence-corrected chi connectivity index (χ4v) is 4.61. The molecule has 0 radical (unpaired) electrons. The van der Waals surface area contributed by atoms with Gasteiger partial charge in [-0.15, -0.1) is 0 Å². The molecule has 1 N–H and O–H groups in total. The minimum absolute atomic E-state index is 0.0865. The van der Waals surface area contributed by atoms with Gasteiger partial charge in [-0.1, -0.05) is 55.0 Å². The van der Waals surface area contributed by atoms with Gasteiger partial charge in [-0.2, -0.15) is 0 Å². The topological polar surface area (TPSA) is 29.1 Å². The Labute approximate surface area is 126 Å². The number of hydrogen-bond donors (Lipinski definition) is 1. The highest BCUT2D eigenvalue weighted by Crippen LogP contribution is 2.36. The summed E-state index contributed by atoms with van der Waals surface area (Å²) in [5.41, 5.74) is -0.0865. The van der Waals surface area contributed by atoms with Gasteiger partial charge in [0.2, 0.25) is 5.91 Å². The summed E-state index contributed by atoms with van der Waals surface area (Å²) in [7, 11) is 0. The molecule has 0 spiro atoms. The van der Waals surface area contributed by atoms with E-state index >= 15 is 0 Å². The predicted molar refractivity (Wildman–Crippen MR) is 83.4 cm³/mol. The Morgan fingerprint density at radius 1 is 1.11 bits per heavy atom. The summed E-state index contributed by atoms with van der Waals surface area (Å²) in [6, 6.07) is 0. The molecule has 2 saturated carbocycles. The van der Waals surface area contributed by atoms with E-state index in [1.54, 1.807) is 0 Å². The molecule has 0 aromatic carbocycles. The number of rotatable bonds is 4. The first kappa shape index (κ1) is 15.3. The van der Waals surface area contributed by atoms with Crippen LogP contribution >= 0.6 is 15.9 Å². The van der Waals surface area contributed by atoms with Gasteiger partial charge in [0, 0.05) is 17.3 Å². The monoisotopic (exact) mass is 329 g/mol. The Morgan fingerprint density at radius 3 is 2.37 bits per heavy atom. The van der Waals surface area contributed by atoms with Crippen molar-refractivity contribution in [3.63, 3.8) is 0 Å². The summed E-state index contributed by atoms with van der Waals surface area (Å²) in [5, 5.41) is 4.36. The van der Waals surface area contributed by atoms with E-state index < -0.39 is 0 Å². The van der Waals surface area contributed by atoms with Gasteiger partial charge in [0.05, 0.1) is 0 Å². The molecular weight excluding hydrogens is 302 g/mol. The molecule has 2 aliphatic carbocycles. The van der Waals surface area contributed by atoms with Crippen molar-refractivity contribution in [2.45, 2.75) is 64.7 Å². The second-order valence-corrected chi connectivity index (χ2v) is 7.44. The van der Waals surface area contributed by atoms with Crippen LogP contribution in [0, 0.1) is 17.3 Å². The highest BCUT2D eigenvalue weighted by atomic mass is 79.9. The molecule has 0 aliphatic heterocycles. The third kappa shape index (κ3) is 3.96. The molecule has 2 aliphatic rings. The Hall–Kier alpha value is -0.0500. The lowest BCUT2D eigenvalue weighted by Gasteiger charge is -2.34. The van der Waals surface area contributed by atoms with Gasteiger partial charge in [-0.05, 0) is 37.5 Å². The zero-order chi connectivity index (χ0) is 13.7. The lowest BCUT2D eigenvalue weighted by atomic mass is 9.74. The zero-order valence-corrected chi connectivity index (χ0v) is 13.8. The molecule has 0 aromatic heterocycles. The van der Waals surface area contributed by atoms with E-state index in [1.165, 1.54) is 44.9 Å². The molecular formula is C16H28BrNO. The lowest BCUT2D eigenvalue weighted by Crippen LogP contribution is -2.43. The Balaban J connectivity index is 1.81. The van der Waals surface area contributed by atoms with Gasteiger partial charge in [0.25, 0.3) is 0 Å². The first-order valence-electron chi connectivity index (χ1n) is 8.00. The second kappa shape index (κ2) is 7.10. The van der Waals surface area contributed by atoms with Gasteiger partial charge in [-0.25, -0.2) is 0 Å². The van der Waals surface area contributed by atoms with E-state index in [-0.39, 0.29) is 5.41 Å². The number of amides is 1. The quantitative estimate of drug-likeness (QED) is 0.766. The highest BCUT2D eigenvalue weighted by Gasteiger charge is 2.35. The van der Waals surface area contributed by atoms with Crippen molar-refractivity contribution in [3.8, 4) is 0 Å². The van der Waals surface area contributed by atoms with Crippen molar-refractivity contribution >= 4 is 21.8 Å². The average molecular weight is 330 g/mol. The zero-order valence-electron chi connectivity index (χ0n) is 12.2. The van der Waals surface area contributed by atoms with Crippen LogP contribution < -0.4 is 5.32 Å². The third-order valence-corrected chi connectivity index (χ3v) is 6.13. The summed E-state index contributed by atoms with van der Waals surface area (Å²) < 4.78 is 0. The van der Waals surface area contributed by atoms with Crippen LogP contribution in [0.5, 0.6) is 0 Å². The van der Waals surface area contributed by atoms with E-state index in [0.717, 1.165) is 30.6 Å². The predicted octanol–water partition coefficient (Wildman–Crippen LogP) is 4.27. The van der Waals surface area contributed by atoms with E-state index in [0.29, 0.717) is 11.8 Å². The van der Waals surface area contributed by atoms with Crippen molar-refractivity contribution in [1.82, 2.24) is 5.32 Å². The van der Waals surface area contributed by atoms with Gasteiger partial charge in [-0.3, -0.25) is 4.79 Å². The number of halogens is 1. The second-order valence-electron chi connectivity index (χ2n) is 6.79. The molecule has 0 saturated heterocycles. The standard InChI is InChI=1S/C16H28BrNO/c1-16(9-5-2-6-10-16)15(19)18-12-14-8-4-3-7-13(14)11-17/h13-14H,2-12H2,1H3,(H,18,19). The number of nitrogens with one attached hydrogen (secondary N) is 1. The first-order valence-corrected chi connectivity index (χ1v) is 9.12. The number of hydrogen-bond acceptors (Lipinski definition) is 1. The minimum atomic E-state index is -0.0865. The smallest absolute Gasteiger partial charge is 0.225 e. The van der Waals surface area contributed by atoms with Crippen molar-refractivity contribution in [2.75, 3.05) is 11.9 Å². The summed E-state index contributed by atoms with van der Waals surface area (Å²) in [5.74, 6) is 1.75. The molecule has 0 aromatic rings. The van der Waals surface area contributed by atoms with E-state index in [2.05, 4.69) is 28.2 Å². The van der Waals surface area contributed by atoms with Gasteiger partial charge in [0.1, 0.15) is 0 Å².